The maximum absolute atomic E-state index is 6.47. The molecule has 3 aliphatic rings. The summed E-state index contributed by atoms with van der Waals surface area (Å²) < 4.78 is 38.1. The minimum atomic E-state index is 0.868. The lowest BCUT2D eigenvalue weighted by Gasteiger charge is -2.26. The second-order valence-electron chi connectivity index (χ2n) is 36.1. The predicted octanol–water partition coefficient (Wildman–Crippen LogP) is 38.3. The van der Waals surface area contributed by atoms with Gasteiger partial charge in [-0.15, -0.1) is 0 Å². The summed E-state index contributed by atoms with van der Waals surface area (Å²) >= 11 is 0. The van der Waals surface area contributed by atoms with Crippen molar-refractivity contribution in [2.24, 2.45) is 0 Å². The van der Waals surface area contributed by atoms with E-state index in [2.05, 4.69) is 470 Å². The molecule has 0 spiro atoms. The van der Waals surface area contributed by atoms with Crippen molar-refractivity contribution < 1.29 is 27.5 Å². The van der Waals surface area contributed by atoms with Crippen molar-refractivity contribution in [2.45, 2.75) is 0 Å². The number of furan rings is 3. The summed E-state index contributed by atoms with van der Waals surface area (Å²) in [6.07, 6.45) is 0. The number of hydrogen-bond acceptors (Lipinski definition) is 9. The Morgan fingerprint density at radius 1 is 0.128 bits per heavy atom. The molecule has 26 aromatic rings. The highest BCUT2D eigenvalue weighted by molar-refractivity contribution is 6.12. The van der Waals surface area contributed by atoms with Crippen molar-refractivity contribution in [3.05, 3.63) is 504 Å². The lowest BCUT2D eigenvalue weighted by Crippen LogP contribution is -2.09. The minimum absolute atomic E-state index is 0.868. The van der Waals surface area contributed by atoms with Gasteiger partial charge in [-0.3, -0.25) is 0 Å². The highest BCUT2D eigenvalue weighted by Gasteiger charge is 2.28. The minimum Gasteiger partial charge on any atom is -0.456 e. The summed E-state index contributed by atoms with van der Waals surface area (Å²) in [5.74, 6) is 5.37. The number of hydrogen-bond donors (Lipinski definition) is 0. The molecule has 9 nitrogen and oxygen atoms in total. The van der Waals surface area contributed by atoms with E-state index < -0.39 is 0 Å². The maximum Gasteiger partial charge on any atom is 0.137 e. The Balaban J connectivity index is 0.000000106. The fraction of sp³-hybridized carbons (Fsp3) is 0. The Hall–Kier alpha value is -19.0. The average molecular weight is 1810 g/mol. The van der Waals surface area contributed by atoms with Crippen molar-refractivity contribution in [1.29, 1.82) is 0 Å². The number of rotatable bonds is 14. The van der Waals surface area contributed by atoms with Gasteiger partial charge in [-0.1, -0.05) is 303 Å². The van der Waals surface area contributed by atoms with Gasteiger partial charge in [0.25, 0.3) is 0 Å². The van der Waals surface area contributed by atoms with Crippen LogP contribution in [-0.2, 0) is 0 Å². The van der Waals surface area contributed by atoms with Gasteiger partial charge in [0, 0.05) is 128 Å². The molecule has 0 radical (unpaired) electrons. The van der Waals surface area contributed by atoms with E-state index in [1.165, 1.54) is 71.3 Å². The van der Waals surface area contributed by atoms with Crippen LogP contribution in [0, 0.1) is 0 Å². The van der Waals surface area contributed by atoms with E-state index in [1.54, 1.807) is 0 Å². The molecule has 23 aromatic carbocycles. The second-order valence-corrected chi connectivity index (χ2v) is 36.1. The summed E-state index contributed by atoms with van der Waals surface area (Å²) in [6.45, 7) is 0. The molecule has 0 atom stereocenters. The van der Waals surface area contributed by atoms with Crippen LogP contribution < -0.4 is 28.9 Å². The summed E-state index contributed by atoms with van der Waals surface area (Å²) in [7, 11) is 0. The first-order chi connectivity index (χ1) is 69.8. The SMILES string of the molecule is c1ccc(-c2ccc(N(c3ccc(-c4ccc5c(c4)Oc4cccc6cccc-5c46)cc3)c3ccc4c(c3)oc3ccccc34)cc2)cc1.c1ccc(-c2ccc(N(c3ccc(-c4ccc5c(c4)Oc4cccc6cccc-5c46)cc3)c3ccc4oc5ccccc5c4c3)cc2)cc1.c1ccc(N(c2ccc(-c3ccc4c(c3)Oc3cccc5cccc-4c35)cc2)c2ccc3c(c2)oc2ccccc23)cc1. The summed E-state index contributed by atoms with van der Waals surface area (Å²) in [4.78, 5) is 6.87. The fourth-order valence-corrected chi connectivity index (χ4v) is 21.0. The van der Waals surface area contributed by atoms with Gasteiger partial charge in [0.1, 0.15) is 68.0 Å². The molecular formula is C132H83N3O6. The molecule has 0 fully saturated rings. The Morgan fingerprint density at radius 3 is 0.730 bits per heavy atom. The number of ether oxygens (including phenoxy) is 3. The standard InChI is InChI=1S/2C46H29NO2.C40H25NO2/c1-2-8-30(9-3-1)31-16-21-35(22-17-31)47(37-25-27-39-38-12-4-5-14-42(38)48-45(39)29-37)36-23-18-32(19-24-36)34-20-26-40-41-13-6-10-33-11-7-15-43(46(33)41)49-44(40)28-34;1-2-8-30(9-3-1)31-16-21-35(22-17-31)47(37-25-27-43-41(29-37)38-12-4-5-14-42(38)48-43)36-23-18-32(19-24-36)34-20-26-39-40-13-6-10-33-11-7-15-44(46(33)40)49-45(39)28-34;1-2-10-29(11-3-1)41(31-21-23-33-32-12-4-5-14-36(32)42-39(33)25-31)30-19-16-26(17-20-30)28-18-22-34-35-13-6-8-27-9-7-15-37(40(27)35)43-38(34)24-28/h2*1-29H;1-25H. The number of nitrogens with zero attached hydrogens (tertiary/aromatic N) is 3. The zero-order valence-electron chi connectivity index (χ0n) is 76.2. The van der Waals surface area contributed by atoms with E-state index in [4.69, 9.17) is 27.5 Å². The van der Waals surface area contributed by atoms with Gasteiger partial charge < -0.3 is 42.2 Å². The smallest absolute Gasteiger partial charge is 0.137 e. The van der Waals surface area contributed by atoms with Gasteiger partial charge in [0.2, 0.25) is 0 Å². The first-order valence-corrected chi connectivity index (χ1v) is 47.7. The fourth-order valence-electron chi connectivity index (χ4n) is 21.0. The first kappa shape index (κ1) is 81.6. The molecule has 0 saturated carbocycles. The van der Waals surface area contributed by atoms with Gasteiger partial charge in [-0.05, 0) is 277 Å². The predicted molar refractivity (Wildman–Crippen MR) is 581 cm³/mol. The number of benzene rings is 23. The molecule has 6 heterocycles. The van der Waals surface area contributed by atoms with Crippen LogP contribution in [0.1, 0.15) is 0 Å². The average Bonchev–Trinajstić information content (AvgIpc) is 1.72. The Bertz CT molecular complexity index is 9360. The molecular weight excluding hydrogens is 1720 g/mol. The third-order valence-electron chi connectivity index (χ3n) is 27.8. The molecule has 3 aliphatic heterocycles. The van der Waals surface area contributed by atoms with Crippen molar-refractivity contribution >= 4 is 149 Å². The molecule has 0 amide bonds. The number of anilines is 9. The monoisotopic (exact) mass is 1810 g/mol. The molecule has 0 N–H and O–H groups in total. The number of para-hydroxylation sites is 4. The maximum atomic E-state index is 6.47. The largest absolute Gasteiger partial charge is 0.456 e. The summed E-state index contributed by atoms with van der Waals surface area (Å²) in [5.41, 5.74) is 33.4. The molecule has 0 aliphatic carbocycles. The third kappa shape index (κ3) is 14.7. The van der Waals surface area contributed by atoms with Gasteiger partial charge in [-0.25, -0.2) is 0 Å². The highest BCUT2D eigenvalue weighted by Crippen LogP contribution is 2.54. The Kier molecular flexibility index (Phi) is 19.8. The summed E-state index contributed by atoms with van der Waals surface area (Å²) in [5, 5.41) is 13.8. The van der Waals surface area contributed by atoms with E-state index in [9.17, 15) is 0 Å². The molecule has 662 valence electrons. The van der Waals surface area contributed by atoms with Crippen LogP contribution in [0.5, 0.6) is 34.5 Å². The molecule has 0 saturated heterocycles. The van der Waals surface area contributed by atoms with Crippen LogP contribution in [0.15, 0.2) is 517 Å². The Morgan fingerprint density at radius 2 is 0.376 bits per heavy atom. The highest BCUT2D eigenvalue weighted by atomic mass is 16.5. The van der Waals surface area contributed by atoms with Gasteiger partial charge in [-0.2, -0.15) is 0 Å². The zero-order chi connectivity index (χ0) is 93.0. The normalized spacial score (nSPS) is 11.9. The van der Waals surface area contributed by atoms with Crippen LogP contribution >= 0.6 is 0 Å². The molecule has 29 rings (SSSR count). The molecule has 9 heteroatoms. The molecule has 3 aromatic heterocycles. The number of fused-ring (bicyclic) bond motifs is 15. The third-order valence-corrected chi connectivity index (χ3v) is 27.8. The van der Waals surface area contributed by atoms with Crippen LogP contribution in [-0.4, -0.2) is 0 Å². The Labute approximate surface area is 812 Å². The topological polar surface area (TPSA) is 76.8 Å². The molecule has 0 bridgehead atoms. The van der Waals surface area contributed by atoms with Crippen LogP contribution in [0.2, 0.25) is 0 Å². The molecule has 141 heavy (non-hydrogen) atoms. The summed E-state index contributed by atoms with van der Waals surface area (Å²) in [6, 6.07) is 177. The van der Waals surface area contributed by atoms with Gasteiger partial charge in [0.15, 0.2) is 0 Å². The van der Waals surface area contributed by atoms with Crippen molar-refractivity contribution in [1.82, 2.24) is 0 Å². The van der Waals surface area contributed by atoms with Crippen LogP contribution in [0.3, 0.4) is 0 Å². The second kappa shape index (κ2) is 34.1. The van der Waals surface area contributed by atoms with Crippen molar-refractivity contribution in [2.75, 3.05) is 14.7 Å². The van der Waals surface area contributed by atoms with E-state index >= 15 is 0 Å². The van der Waals surface area contributed by atoms with Crippen LogP contribution in [0.4, 0.5) is 51.2 Å². The van der Waals surface area contributed by atoms with E-state index in [1.807, 2.05) is 48.5 Å². The van der Waals surface area contributed by atoms with E-state index in [-0.39, 0.29) is 0 Å². The van der Waals surface area contributed by atoms with Gasteiger partial charge >= 0.3 is 0 Å². The van der Waals surface area contributed by atoms with Crippen molar-refractivity contribution in [3.8, 4) is 124 Å². The van der Waals surface area contributed by atoms with Crippen molar-refractivity contribution in [3.63, 3.8) is 0 Å². The van der Waals surface area contributed by atoms with E-state index in [0.717, 1.165) is 202 Å². The molecule has 0 unspecified atom stereocenters. The lowest BCUT2D eigenvalue weighted by molar-refractivity contribution is 0.487. The van der Waals surface area contributed by atoms with E-state index in [0.29, 0.717) is 0 Å². The lowest BCUT2D eigenvalue weighted by atomic mass is 9.93. The first-order valence-electron chi connectivity index (χ1n) is 47.7. The zero-order valence-corrected chi connectivity index (χ0v) is 76.2. The van der Waals surface area contributed by atoms with Crippen LogP contribution in [0.25, 0.3) is 187 Å². The van der Waals surface area contributed by atoms with Gasteiger partial charge in [0.05, 0.1) is 0 Å². The quantitative estimate of drug-likeness (QED) is 0.106.